The molecular weight excluding hydrogens is 544 g/mol. The summed E-state index contributed by atoms with van der Waals surface area (Å²) in [5.74, 6) is 0.273. The number of carbonyl (C=O) groups excluding carboxylic acids is 2. The standard InChI is InChI=1S/C30H44N4O4S2/c1-3-22-15-17-32-20-24(22)30(36)25(12-5-9-21-10-7-16-31-19-21)34-40(37,38)27-14-6-11-23(26-13-8-18-39-26)29(27)33-28(35)4-2/h6,8,11,13-14,18,21-22,24-25,31-32,34H,3-5,7,9-10,12,15-17,19-20H2,1-2H3,(H,33,35). The molecule has 4 unspecified atom stereocenters. The maximum Gasteiger partial charge on any atom is 0.243 e. The summed E-state index contributed by atoms with van der Waals surface area (Å²) in [4.78, 5) is 27.3. The Balaban J connectivity index is 1.63. The van der Waals surface area contributed by atoms with Crippen molar-refractivity contribution in [3.8, 4) is 10.4 Å². The summed E-state index contributed by atoms with van der Waals surface area (Å²) in [6, 6.07) is 7.99. The normalized spacial score (nSPS) is 22.5. The maximum atomic E-state index is 14.0. The molecule has 220 valence electrons. The molecule has 1 aromatic heterocycles. The van der Waals surface area contributed by atoms with Gasteiger partial charge >= 0.3 is 0 Å². The van der Waals surface area contributed by atoms with E-state index in [1.165, 1.54) is 17.4 Å². The number of nitrogens with one attached hydrogen (secondary N) is 4. The lowest BCUT2D eigenvalue weighted by molar-refractivity contribution is -0.127. The van der Waals surface area contributed by atoms with Crippen molar-refractivity contribution in [3.05, 3.63) is 35.7 Å². The van der Waals surface area contributed by atoms with E-state index in [1.807, 2.05) is 23.6 Å². The Morgan fingerprint density at radius 1 is 1.07 bits per heavy atom. The summed E-state index contributed by atoms with van der Waals surface area (Å²) in [6.45, 7) is 7.31. The Kier molecular flexibility index (Phi) is 11.3. The van der Waals surface area contributed by atoms with E-state index < -0.39 is 16.1 Å². The molecule has 2 aliphatic heterocycles. The number of ketones is 1. The zero-order chi connectivity index (χ0) is 28.5. The zero-order valence-electron chi connectivity index (χ0n) is 23.7. The topological polar surface area (TPSA) is 116 Å². The molecule has 2 fully saturated rings. The van der Waals surface area contributed by atoms with E-state index in [2.05, 4.69) is 27.6 Å². The molecule has 0 spiro atoms. The molecule has 0 saturated carbocycles. The van der Waals surface area contributed by atoms with Gasteiger partial charge < -0.3 is 16.0 Å². The summed E-state index contributed by atoms with van der Waals surface area (Å²) in [6.07, 6.45) is 6.54. The highest BCUT2D eigenvalue weighted by Gasteiger charge is 2.36. The van der Waals surface area contributed by atoms with Gasteiger partial charge in [-0.1, -0.05) is 44.9 Å². The van der Waals surface area contributed by atoms with Gasteiger partial charge in [0.05, 0.1) is 11.7 Å². The highest BCUT2D eigenvalue weighted by molar-refractivity contribution is 7.89. The molecule has 8 nitrogen and oxygen atoms in total. The molecule has 3 heterocycles. The third kappa shape index (κ3) is 7.79. The van der Waals surface area contributed by atoms with E-state index in [9.17, 15) is 18.0 Å². The molecule has 0 bridgehead atoms. The molecular formula is C30H44N4O4S2. The van der Waals surface area contributed by atoms with Crippen molar-refractivity contribution >= 4 is 38.7 Å². The van der Waals surface area contributed by atoms with Gasteiger partial charge in [-0.2, -0.15) is 0 Å². The lowest BCUT2D eigenvalue weighted by Crippen LogP contribution is -2.50. The van der Waals surface area contributed by atoms with Gasteiger partial charge in [0.2, 0.25) is 15.9 Å². The van der Waals surface area contributed by atoms with Crippen LogP contribution in [0.25, 0.3) is 10.4 Å². The quantitative estimate of drug-likeness (QED) is 0.268. The predicted octanol–water partition coefficient (Wildman–Crippen LogP) is 4.79. The largest absolute Gasteiger partial charge is 0.324 e. The fraction of sp³-hybridized carbons (Fsp3) is 0.600. The third-order valence-electron chi connectivity index (χ3n) is 8.35. The van der Waals surface area contributed by atoms with Crippen LogP contribution < -0.4 is 20.7 Å². The summed E-state index contributed by atoms with van der Waals surface area (Å²) in [7, 11) is -4.13. The van der Waals surface area contributed by atoms with Crippen LogP contribution in [0.1, 0.15) is 65.2 Å². The van der Waals surface area contributed by atoms with E-state index in [0.717, 1.165) is 63.0 Å². The molecule has 2 aromatic rings. The minimum absolute atomic E-state index is 0.0108. The molecule has 4 rings (SSSR count). The van der Waals surface area contributed by atoms with Crippen LogP contribution in [-0.4, -0.2) is 52.3 Å². The number of sulfonamides is 1. The van der Waals surface area contributed by atoms with E-state index in [0.29, 0.717) is 24.4 Å². The summed E-state index contributed by atoms with van der Waals surface area (Å²) in [5.41, 5.74) is 0.907. The number of piperidine rings is 2. The van der Waals surface area contributed by atoms with Crippen molar-refractivity contribution in [3.63, 3.8) is 0 Å². The fourth-order valence-corrected chi connectivity index (χ4v) is 8.21. The van der Waals surface area contributed by atoms with Crippen molar-refractivity contribution in [1.82, 2.24) is 15.4 Å². The van der Waals surface area contributed by atoms with Crippen LogP contribution in [0.5, 0.6) is 0 Å². The number of hydrogen-bond donors (Lipinski definition) is 4. The van der Waals surface area contributed by atoms with Crippen molar-refractivity contribution in [2.24, 2.45) is 17.8 Å². The first-order chi connectivity index (χ1) is 19.3. The van der Waals surface area contributed by atoms with Gasteiger partial charge in [-0.25, -0.2) is 13.1 Å². The monoisotopic (exact) mass is 588 g/mol. The second kappa shape index (κ2) is 14.7. The first kappa shape index (κ1) is 30.8. The summed E-state index contributed by atoms with van der Waals surface area (Å²) < 4.78 is 30.9. The van der Waals surface area contributed by atoms with E-state index in [4.69, 9.17) is 0 Å². The maximum absolute atomic E-state index is 14.0. The summed E-state index contributed by atoms with van der Waals surface area (Å²) in [5, 5.41) is 11.5. The van der Waals surface area contributed by atoms with Crippen LogP contribution in [0, 0.1) is 17.8 Å². The lowest BCUT2D eigenvalue weighted by atomic mass is 9.79. The second-order valence-corrected chi connectivity index (χ2v) is 13.7. The third-order valence-corrected chi connectivity index (χ3v) is 10.8. The lowest BCUT2D eigenvalue weighted by Gasteiger charge is -2.33. The van der Waals surface area contributed by atoms with Gasteiger partial charge in [0.15, 0.2) is 5.78 Å². The Bertz CT molecular complexity index is 1230. The predicted molar refractivity (Wildman–Crippen MR) is 162 cm³/mol. The van der Waals surface area contributed by atoms with E-state index in [1.54, 1.807) is 13.0 Å². The highest BCUT2D eigenvalue weighted by Crippen LogP contribution is 2.37. The van der Waals surface area contributed by atoms with Gasteiger partial charge in [-0.05, 0) is 81.1 Å². The summed E-state index contributed by atoms with van der Waals surface area (Å²) >= 11 is 1.48. The SMILES string of the molecule is CCC(=O)Nc1c(-c2cccs2)cccc1S(=O)(=O)NC(CCCC1CCCNC1)C(=O)C1CNCCC1CC. The van der Waals surface area contributed by atoms with Crippen molar-refractivity contribution in [2.75, 3.05) is 31.5 Å². The number of amides is 1. The van der Waals surface area contributed by atoms with Crippen molar-refractivity contribution in [2.45, 2.75) is 76.2 Å². The fourth-order valence-electron chi connectivity index (χ4n) is 6.03. The molecule has 10 heteroatoms. The Morgan fingerprint density at radius 2 is 1.90 bits per heavy atom. The number of rotatable bonds is 13. The molecule has 1 aromatic carbocycles. The number of benzene rings is 1. The number of para-hydroxylation sites is 1. The Labute approximate surface area is 243 Å². The Hall–Kier alpha value is -2.11. The van der Waals surface area contributed by atoms with E-state index in [-0.39, 0.29) is 40.5 Å². The van der Waals surface area contributed by atoms with Gasteiger partial charge in [0.25, 0.3) is 0 Å². The molecule has 0 aliphatic carbocycles. The van der Waals surface area contributed by atoms with E-state index >= 15 is 0 Å². The smallest absolute Gasteiger partial charge is 0.243 e. The van der Waals surface area contributed by atoms with Crippen LogP contribution in [0.2, 0.25) is 0 Å². The van der Waals surface area contributed by atoms with Gasteiger partial charge in [-0.3, -0.25) is 9.59 Å². The van der Waals surface area contributed by atoms with Crippen LogP contribution in [0.3, 0.4) is 0 Å². The molecule has 4 N–H and O–H groups in total. The van der Waals surface area contributed by atoms with Crippen LogP contribution in [0.4, 0.5) is 5.69 Å². The van der Waals surface area contributed by atoms with Crippen molar-refractivity contribution < 1.29 is 18.0 Å². The number of carbonyl (C=O) groups is 2. The van der Waals surface area contributed by atoms with Gasteiger partial charge in [-0.15, -0.1) is 11.3 Å². The highest BCUT2D eigenvalue weighted by atomic mass is 32.2. The molecule has 4 atom stereocenters. The average molecular weight is 589 g/mol. The molecule has 2 aliphatic rings. The number of thiophene rings is 1. The van der Waals surface area contributed by atoms with Crippen LogP contribution in [-0.2, 0) is 19.6 Å². The first-order valence-corrected chi connectivity index (χ1v) is 17.1. The minimum atomic E-state index is -4.13. The van der Waals surface area contributed by atoms with Crippen LogP contribution >= 0.6 is 11.3 Å². The molecule has 2 saturated heterocycles. The zero-order valence-corrected chi connectivity index (χ0v) is 25.3. The number of anilines is 1. The molecule has 40 heavy (non-hydrogen) atoms. The number of Topliss-reactive ketones (excluding diaryl/α,β-unsaturated/α-hetero) is 1. The molecule has 0 radical (unpaired) electrons. The molecule has 1 amide bonds. The van der Waals surface area contributed by atoms with Gasteiger partial charge in [0, 0.05) is 29.3 Å². The van der Waals surface area contributed by atoms with Crippen LogP contribution in [0.15, 0.2) is 40.6 Å². The average Bonchev–Trinajstić information content (AvgIpc) is 3.51. The van der Waals surface area contributed by atoms with Crippen molar-refractivity contribution in [1.29, 1.82) is 0 Å². The Morgan fingerprint density at radius 3 is 2.60 bits per heavy atom. The number of hydrogen-bond acceptors (Lipinski definition) is 7. The first-order valence-electron chi connectivity index (χ1n) is 14.8. The van der Waals surface area contributed by atoms with Gasteiger partial charge in [0.1, 0.15) is 4.90 Å². The second-order valence-electron chi connectivity index (χ2n) is 11.0. The minimum Gasteiger partial charge on any atom is -0.324 e.